The van der Waals surface area contributed by atoms with Crippen LogP contribution in [-0.4, -0.2) is 49.1 Å². The van der Waals surface area contributed by atoms with E-state index in [2.05, 4.69) is 15.4 Å². The highest BCUT2D eigenvalue weighted by molar-refractivity contribution is 5.96. The first-order valence-electron chi connectivity index (χ1n) is 10.6. The summed E-state index contributed by atoms with van der Waals surface area (Å²) >= 11 is 0. The molecule has 0 saturated carbocycles. The zero-order valence-electron chi connectivity index (χ0n) is 19.5. The number of carbonyl (C=O) groups is 1. The number of nitrogens with one attached hydrogen (secondary N) is 1. The van der Waals surface area contributed by atoms with E-state index in [9.17, 15) is 4.79 Å². The molecule has 0 radical (unpaired) electrons. The first-order chi connectivity index (χ1) is 16.6. The predicted molar refractivity (Wildman–Crippen MR) is 127 cm³/mol. The second kappa shape index (κ2) is 10.1. The Bertz CT molecular complexity index is 1320. The lowest BCUT2D eigenvalue weighted by Crippen LogP contribution is -2.23. The first kappa shape index (κ1) is 22.9. The Labute approximate surface area is 197 Å². The third-order valence-corrected chi connectivity index (χ3v) is 5.49. The van der Waals surface area contributed by atoms with E-state index in [1.165, 1.54) is 0 Å². The van der Waals surface area contributed by atoms with Crippen molar-refractivity contribution in [1.82, 2.24) is 20.1 Å². The van der Waals surface area contributed by atoms with E-state index in [4.69, 9.17) is 18.9 Å². The number of aromatic nitrogens is 3. The van der Waals surface area contributed by atoms with Crippen LogP contribution in [0.15, 0.2) is 54.9 Å². The van der Waals surface area contributed by atoms with Crippen LogP contribution in [0.5, 0.6) is 23.0 Å². The van der Waals surface area contributed by atoms with Crippen molar-refractivity contribution in [3.8, 4) is 23.0 Å². The van der Waals surface area contributed by atoms with E-state index in [1.807, 2.05) is 30.3 Å². The quantitative estimate of drug-likeness (QED) is 0.407. The predicted octanol–water partition coefficient (Wildman–Crippen LogP) is 3.44. The summed E-state index contributed by atoms with van der Waals surface area (Å²) in [4.78, 5) is 17.2. The van der Waals surface area contributed by atoms with Gasteiger partial charge in [-0.05, 0) is 30.3 Å². The lowest BCUT2D eigenvalue weighted by molar-refractivity contribution is 0.0950. The minimum absolute atomic E-state index is 0.239. The summed E-state index contributed by atoms with van der Waals surface area (Å²) in [6, 6.07) is 12.9. The van der Waals surface area contributed by atoms with Crippen LogP contribution in [0.1, 0.15) is 21.5 Å². The number of pyridine rings is 1. The molecule has 0 fully saturated rings. The summed E-state index contributed by atoms with van der Waals surface area (Å²) in [5.41, 5.74) is 2.89. The highest BCUT2D eigenvalue weighted by Crippen LogP contribution is 2.27. The molecule has 4 aromatic rings. The highest BCUT2D eigenvalue weighted by atomic mass is 16.5. The zero-order chi connectivity index (χ0) is 24.1. The molecule has 0 aliphatic rings. The molecule has 9 heteroatoms. The van der Waals surface area contributed by atoms with Crippen LogP contribution < -0.4 is 24.3 Å². The van der Waals surface area contributed by atoms with Gasteiger partial charge in [0, 0.05) is 41.4 Å². The molecule has 2 aromatic heterocycles. The lowest BCUT2D eigenvalue weighted by atomic mass is 10.1. The first-order valence-corrected chi connectivity index (χ1v) is 10.6. The van der Waals surface area contributed by atoms with E-state index < -0.39 is 0 Å². The van der Waals surface area contributed by atoms with Crippen LogP contribution in [0, 0.1) is 0 Å². The van der Waals surface area contributed by atoms with E-state index in [1.54, 1.807) is 57.6 Å². The number of carbonyl (C=O) groups excluding carboxylic acids is 1. The molecule has 2 aromatic carbocycles. The van der Waals surface area contributed by atoms with Crippen molar-refractivity contribution in [3.05, 3.63) is 71.5 Å². The normalized spacial score (nSPS) is 10.7. The largest absolute Gasteiger partial charge is 0.497 e. The van der Waals surface area contributed by atoms with E-state index in [0.29, 0.717) is 47.3 Å². The molecule has 1 N–H and O–H groups in total. The van der Waals surface area contributed by atoms with E-state index >= 15 is 0 Å². The van der Waals surface area contributed by atoms with Crippen LogP contribution in [0.3, 0.4) is 0 Å². The molecule has 0 bridgehead atoms. The van der Waals surface area contributed by atoms with Crippen LogP contribution in [-0.2, 0) is 13.1 Å². The van der Waals surface area contributed by atoms with Crippen molar-refractivity contribution in [2.24, 2.45) is 0 Å². The number of hydrogen-bond donors (Lipinski definition) is 1. The van der Waals surface area contributed by atoms with Crippen molar-refractivity contribution in [2.75, 3.05) is 28.4 Å². The second-order valence-electron chi connectivity index (χ2n) is 7.48. The number of nitrogens with zero attached hydrogens (tertiary/aromatic N) is 3. The average Bonchev–Trinajstić information content (AvgIpc) is 3.29. The summed E-state index contributed by atoms with van der Waals surface area (Å²) in [5, 5.41) is 8.12. The van der Waals surface area contributed by atoms with Gasteiger partial charge < -0.3 is 24.3 Å². The fraction of sp³-hybridized carbons (Fsp3) is 0.240. The fourth-order valence-corrected chi connectivity index (χ4v) is 3.63. The molecule has 2 heterocycles. The molecular weight excluding hydrogens is 436 g/mol. The van der Waals surface area contributed by atoms with Gasteiger partial charge in [-0.25, -0.2) is 9.67 Å². The summed E-state index contributed by atoms with van der Waals surface area (Å²) in [6.45, 7) is 0.771. The van der Waals surface area contributed by atoms with Gasteiger partial charge in [0.1, 0.15) is 23.0 Å². The van der Waals surface area contributed by atoms with Crippen molar-refractivity contribution in [1.29, 1.82) is 0 Å². The smallest absolute Gasteiger partial charge is 0.253 e. The van der Waals surface area contributed by atoms with Gasteiger partial charge in [-0.15, -0.1) is 0 Å². The number of fused-ring (bicyclic) bond motifs is 1. The van der Waals surface area contributed by atoms with Gasteiger partial charge in [-0.2, -0.15) is 5.10 Å². The molecule has 34 heavy (non-hydrogen) atoms. The Balaban J connectivity index is 1.49. The molecular formula is C25H26N4O5. The second-order valence-corrected chi connectivity index (χ2v) is 7.48. The maximum Gasteiger partial charge on any atom is 0.253 e. The molecule has 0 aliphatic heterocycles. The zero-order valence-corrected chi connectivity index (χ0v) is 19.5. The van der Waals surface area contributed by atoms with E-state index in [-0.39, 0.29) is 5.91 Å². The van der Waals surface area contributed by atoms with Crippen LogP contribution in [0.25, 0.3) is 11.0 Å². The number of hydrogen-bond acceptors (Lipinski definition) is 7. The molecule has 0 spiro atoms. The summed E-state index contributed by atoms with van der Waals surface area (Å²) < 4.78 is 23.1. The highest BCUT2D eigenvalue weighted by Gasteiger charge is 2.14. The molecule has 0 unspecified atom stereocenters. The van der Waals surface area contributed by atoms with Gasteiger partial charge in [-0.1, -0.05) is 0 Å². The molecule has 0 aliphatic carbocycles. The van der Waals surface area contributed by atoms with Gasteiger partial charge in [0.05, 0.1) is 46.7 Å². The SMILES string of the molecule is COc1ccc(CNC(=O)c2cnc3c(cnn3Cc3ccc(OC)cc3OC)c2)c(OC)c1. The van der Waals surface area contributed by atoms with Gasteiger partial charge in [0.2, 0.25) is 0 Å². The molecule has 176 valence electrons. The fourth-order valence-electron chi connectivity index (χ4n) is 3.63. The number of rotatable bonds is 9. The van der Waals surface area contributed by atoms with Crippen LogP contribution in [0.4, 0.5) is 0 Å². The lowest BCUT2D eigenvalue weighted by Gasteiger charge is -2.12. The Morgan fingerprint density at radius 3 is 2.15 bits per heavy atom. The Morgan fingerprint density at radius 1 is 0.853 bits per heavy atom. The van der Waals surface area contributed by atoms with Gasteiger partial charge in [0.25, 0.3) is 5.91 Å². The molecule has 0 saturated heterocycles. The maximum absolute atomic E-state index is 12.8. The Kier molecular flexibility index (Phi) is 6.82. The van der Waals surface area contributed by atoms with Crippen molar-refractivity contribution in [3.63, 3.8) is 0 Å². The van der Waals surface area contributed by atoms with Crippen LogP contribution >= 0.6 is 0 Å². The third kappa shape index (κ3) is 4.73. The maximum atomic E-state index is 12.8. The van der Waals surface area contributed by atoms with Crippen molar-refractivity contribution >= 4 is 16.9 Å². The molecule has 4 rings (SSSR count). The number of methoxy groups -OCH3 is 4. The summed E-state index contributed by atoms with van der Waals surface area (Å²) in [5.74, 6) is 2.51. The van der Waals surface area contributed by atoms with Crippen LogP contribution in [0.2, 0.25) is 0 Å². The minimum atomic E-state index is -0.239. The van der Waals surface area contributed by atoms with Crippen molar-refractivity contribution < 1.29 is 23.7 Å². The van der Waals surface area contributed by atoms with Gasteiger partial charge in [0.15, 0.2) is 5.65 Å². The molecule has 0 atom stereocenters. The third-order valence-electron chi connectivity index (χ3n) is 5.49. The number of ether oxygens (including phenoxy) is 4. The van der Waals surface area contributed by atoms with Gasteiger partial charge >= 0.3 is 0 Å². The Hall–Kier alpha value is -4.27. The average molecular weight is 463 g/mol. The minimum Gasteiger partial charge on any atom is -0.497 e. The van der Waals surface area contributed by atoms with Gasteiger partial charge in [-0.3, -0.25) is 4.79 Å². The summed E-state index contributed by atoms with van der Waals surface area (Å²) in [6.07, 6.45) is 3.24. The number of amides is 1. The summed E-state index contributed by atoms with van der Waals surface area (Å²) in [7, 11) is 6.40. The van der Waals surface area contributed by atoms with E-state index in [0.717, 1.165) is 16.5 Å². The Morgan fingerprint density at radius 2 is 1.50 bits per heavy atom. The topological polar surface area (TPSA) is 96.7 Å². The number of benzene rings is 2. The monoisotopic (exact) mass is 462 g/mol. The molecule has 9 nitrogen and oxygen atoms in total. The van der Waals surface area contributed by atoms with Crippen molar-refractivity contribution in [2.45, 2.75) is 13.1 Å². The standard InChI is InChI=1S/C25H26N4O5/c1-31-20-7-5-16(22(10-20)33-3)12-27-25(30)19-9-18-14-28-29(24(18)26-13-19)15-17-6-8-21(32-2)11-23(17)34-4/h5-11,13-14H,12,15H2,1-4H3,(H,27,30). The molecule has 1 amide bonds.